The number of nitrogens with zero attached hydrogens (tertiary/aromatic N) is 2. The highest BCUT2D eigenvalue weighted by Crippen LogP contribution is 2.37. The standard InChI is InChI=1S/C23H27ClF3N3O3S/c24-20-11-10-18(23(25,26)27)16-21(20)30(34(32,33)19-8-3-1-4-9-19)17-22(31)28-12-7-15-29-13-5-2-6-14-29/h1,3-4,8-11,16H,2,5-7,12-15,17H2,(H,28,31). The zero-order chi connectivity index (χ0) is 24.8. The van der Waals surface area contributed by atoms with E-state index in [-0.39, 0.29) is 9.92 Å². The van der Waals surface area contributed by atoms with E-state index in [0.717, 1.165) is 44.6 Å². The van der Waals surface area contributed by atoms with Crippen molar-refractivity contribution >= 4 is 33.2 Å². The van der Waals surface area contributed by atoms with E-state index in [1.165, 1.54) is 30.7 Å². The fourth-order valence-corrected chi connectivity index (χ4v) is 5.52. The van der Waals surface area contributed by atoms with Gasteiger partial charge < -0.3 is 10.2 Å². The molecule has 1 saturated heterocycles. The van der Waals surface area contributed by atoms with Gasteiger partial charge in [0.2, 0.25) is 5.91 Å². The van der Waals surface area contributed by atoms with E-state index in [1.807, 2.05) is 0 Å². The van der Waals surface area contributed by atoms with Crippen LogP contribution in [-0.4, -0.2) is 51.9 Å². The summed E-state index contributed by atoms with van der Waals surface area (Å²) in [4.78, 5) is 14.8. The number of carbonyl (C=O) groups is 1. The summed E-state index contributed by atoms with van der Waals surface area (Å²) in [5.41, 5.74) is -1.48. The van der Waals surface area contributed by atoms with Crippen LogP contribution in [0, 0.1) is 0 Å². The highest BCUT2D eigenvalue weighted by Gasteiger charge is 2.34. The molecule has 0 bridgehead atoms. The molecule has 2 aromatic carbocycles. The van der Waals surface area contributed by atoms with Crippen LogP contribution in [0.2, 0.25) is 5.02 Å². The summed E-state index contributed by atoms with van der Waals surface area (Å²) in [5.74, 6) is -0.633. The molecule has 1 heterocycles. The van der Waals surface area contributed by atoms with Crippen molar-refractivity contribution in [3.05, 3.63) is 59.1 Å². The second-order valence-corrected chi connectivity index (χ2v) is 10.4. The summed E-state index contributed by atoms with van der Waals surface area (Å²) in [6.07, 6.45) is -0.510. The molecule has 0 aliphatic carbocycles. The molecule has 1 amide bonds. The number of hydrogen-bond acceptors (Lipinski definition) is 4. The van der Waals surface area contributed by atoms with E-state index in [9.17, 15) is 26.4 Å². The number of benzene rings is 2. The van der Waals surface area contributed by atoms with E-state index in [4.69, 9.17) is 11.6 Å². The van der Waals surface area contributed by atoms with Crippen molar-refractivity contribution in [2.24, 2.45) is 0 Å². The number of rotatable bonds is 9. The zero-order valence-corrected chi connectivity index (χ0v) is 20.1. The summed E-state index contributed by atoms with van der Waals surface area (Å²) >= 11 is 6.12. The molecule has 186 valence electrons. The van der Waals surface area contributed by atoms with Crippen molar-refractivity contribution in [2.75, 3.05) is 37.0 Å². The zero-order valence-electron chi connectivity index (χ0n) is 18.5. The Labute approximate surface area is 202 Å². The Kier molecular flexibility index (Phi) is 8.83. The first-order valence-electron chi connectivity index (χ1n) is 11.0. The largest absolute Gasteiger partial charge is 0.416 e. The van der Waals surface area contributed by atoms with Crippen LogP contribution < -0.4 is 9.62 Å². The molecule has 2 aromatic rings. The number of carbonyl (C=O) groups excluding carboxylic acids is 1. The van der Waals surface area contributed by atoms with Gasteiger partial charge in [0.15, 0.2) is 0 Å². The van der Waals surface area contributed by atoms with Crippen LogP contribution in [0.1, 0.15) is 31.2 Å². The number of likely N-dealkylation sites (tertiary alicyclic amines) is 1. The topological polar surface area (TPSA) is 69.7 Å². The van der Waals surface area contributed by atoms with Crippen molar-refractivity contribution in [1.82, 2.24) is 10.2 Å². The minimum atomic E-state index is -4.71. The lowest BCUT2D eigenvalue weighted by Crippen LogP contribution is -2.42. The van der Waals surface area contributed by atoms with Crippen molar-refractivity contribution in [2.45, 2.75) is 36.8 Å². The average molecular weight is 518 g/mol. The number of sulfonamides is 1. The monoisotopic (exact) mass is 517 g/mol. The molecule has 1 N–H and O–H groups in total. The molecule has 1 aliphatic rings. The van der Waals surface area contributed by atoms with Crippen molar-refractivity contribution < 1.29 is 26.4 Å². The van der Waals surface area contributed by atoms with E-state index < -0.39 is 39.9 Å². The van der Waals surface area contributed by atoms with Gasteiger partial charge in [0.1, 0.15) is 6.54 Å². The first kappa shape index (κ1) is 26.3. The third-order valence-corrected chi connectivity index (χ3v) is 7.68. The maximum absolute atomic E-state index is 13.3. The lowest BCUT2D eigenvalue weighted by molar-refractivity contribution is -0.137. The number of nitrogens with one attached hydrogen (secondary N) is 1. The fourth-order valence-electron chi connectivity index (χ4n) is 3.80. The molecule has 0 spiro atoms. The SMILES string of the molecule is O=C(CN(c1cc(C(F)(F)F)ccc1Cl)S(=O)(=O)c1ccccc1)NCCCN1CCCCC1. The van der Waals surface area contributed by atoms with Gasteiger partial charge in [-0.15, -0.1) is 0 Å². The number of alkyl halides is 3. The van der Waals surface area contributed by atoms with Gasteiger partial charge in [0.25, 0.3) is 10.0 Å². The van der Waals surface area contributed by atoms with Crippen LogP contribution in [0.25, 0.3) is 0 Å². The van der Waals surface area contributed by atoms with Crippen molar-refractivity contribution in [3.63, 3.8) is 0 Å². The van der Waals surface area contributed by atoms with E-state index in [0.29, 0.717) is 23.3 Å². The summed E-state index contributed by atoms with van der Waals surface area (Å²) in [6.45, 7) is 2.47. The number of amides is 1. The Hall–Kier alpha value is -2.30. The highest BCUT2D eigenvalue weighted by atomic mass is 35.5. The van der Waals surface area contributed by atoms with Gasteiger partial charge in [-0.1, -0.05) is 36.2 Å². The van der Waals surface area contributed by atoms with E-state index in [1.54, 1.807) is 6.07 Å². The summed E-state index contributed by atoms with van der Waals surface area (Å²) in [5, 5.41) is 2.46. The van der Waals surface area contributed by atoms with Crippen molar-refractivity contribution in [1.29, 1.82) is 0 Å². The van der Waals surface area contributed by atoms with Gasteiger partial charge in [-0.2, -0.15) is 13.2 Å². The first-order chi connectivity index (χ1) is 16.1. The molecule has 0 radical (unpaired) electrons. The van der Waals surface area contributed by atoms with Crippen LogP contribution >= 0.6 is 11.6 Å². The molecule has 34 heavy (non-hydrogen) atoms. The van der Waals surface area contributed by atoms with Crippen LogP contribution in [0.15, 0.2) is 53.4 Å². The molecule has 1 fully saturated rings. The van der Waals surface area contributed by atoms with E-state index in [2.05, 4.69) is 10.2 Å². The quantitative estimate of drug-likeness (QED) is 0.496. The Morgan fingerprint density at radius 3 is 2.38 bits per heavy atom. The normalized spacial score (nSPS) is 15.2. The lowest BCUT2D eigenvalue weighted by atomic mass is 10.1. The second-order valence-electron chi connectivity index (χ2n) is 8.09. The van der Waals surface area contributed by atoms with Gasteiger partial charge in [-0.3, -0.25) is 9.10 Å². The molecule has 0 unspecified atom stereocenters. The van der Waals surface area contributed by atoms with Gasteiger partial charge in [0, 0.05) is 6.54 Å². The van der Waals surface area contributed by atoms with Crippen LogP contribution in [0.5, 0.6) is 0 Å². The molecular formula is C23H27ClF3N3O3S. The molecule has 3 rings (SSSR count). The maximum Gasteiger partial charge on any atom is 0.416 e. The number of hydrogen-bond donors (Lipinski definition) is 1. The fraction of sp³-hybridized carbons (Fsp3) is 0.435. The molecule has 0 aromatic heterocycles. The van der Waals surface area contributed by atoms with Gasteiger partial charge in [0.05, 0.1) is 21.2 Å². The third-order valence-electron chi connectivity index (χ3n) is 5.58. The van der Waals surface area contributed by atoms with Gasteiger partial charge in [-0.25, -0.2) is 8.42 Å². The number of anilines is 1. The highest BCUT2D eigenvalue weighted by molar-refractivity contribution is 7.92. The molecule has 0 atom stereocenters. The predicted octanol–water partition coefficient (Wildman–Crippen LogP) is 4.55. The van der Waals surface area contributed by atoms with Crippen LogP contribution in [-0.2, 0) is 21.0 Å². The Morgan fingerprint density at radius 2 is 1.74 bits per heavy atom. The smallest absolute Gasteiger partial charge is 0.354 e. The molecule has 11 heteroatoms. The van der Waals surface area contributed by atoms with Crippen LogP contribution in [0.3, 0.4) is 0 Å². The van der Waals surface area contributed by atoms with E-state index >= 15 is 0 Å². The lowest BCUT2D eigenvalue weighted by Gasteiger charge is -2.27. The Balaban J connectivity index is 1.80. The molecule has 0 saturated carbocycles. The number of piperidine rings is 1. The third kappa shape index (κ3) is 6.86. The van der Waals surface area contributed by atoms with Gasteiger partial charge in [-0.05, 0) is 69.2 Å². The Morgan fingerprint density at radius 1 is 1.06 bits per heavy atom. The summed E-state index contributed by atoms with van der Waals surface area (Å²) < 4.78 is 67.2. The first-order valence-corrected chi connectivity index (χ1v) is 12.8. The minimum Gasteiger partial charge on any atom is -0.354 e. The van der Waals surface area contributed by atoms with Crippen LogP contribution in [0.4, 0.5) is 18.9 Å². The maximum atomic E-state index is 13.3. The summed E-state index contributed by atoms with van der Waals surface area (Å²) in [6, 6.07) is 9.57. The summed E-state index contributed by atoms with van der Waals surface area (Å²) in [7, 11) is -4.37. The Bertz CT molecular complexity index is 1080. The molecular weight excluding hydrogens is 491 g/mol. The average Bonchev–Trinajstić information content (AvgIpc) is 2.81. The minimum absolute atomic E-state index is 0.165. The predicted molar refractivity (Wildman–Crippen MR) is 125 cm³/mol. The van der Waals surface area contributed by atoms with Crippen molar-refractivity contribution in [3.8, 4) is 0 Å². The molecule has 1 aliphatic heterocycles. The second kappa shape index (κ2) is 11.4. The number of halogens is 4. The van der Waals surface area contributed by atoms with Gasteiger partial charge >= 0.3 is 6.18 Å². The molecule has 6 nitrogen and oxygen atoms in total.